The van der Waals surface area contributed by atoms with Gasteiger partial charge in [0, 0.05) is 12.6 Å². The average molecular weight is 305 g/mol. The van der Waals surface area contributed by atoms with Crippen LogP contribution >= 0.6 is 11.3 Å². The highest BCUT2D eigenvalue weighted by Gasteiger charge is 2.38. The van der Waals surface area contributed by atoms with E-state index in [2.05, 4.69) is 10.3 Å². The fourth-order valence-electron chi connectivity index (χ4n) is 2.32. The van der Waals surface area contributed by atoms with Crippen molar-refractivity contribution in [3.63, 3.8) is 0 Å². The van der Waals surface area contributed by atoms with E-state index in [1.165, 1.54) is 0 Å². The number of aromatic nitrogens is 1. The van der Waals surface area contributed by atoms with Crippen LogP contribution in [0.3, 0.4) is 0 Å². The molecular weight excluding hydrogens is 291 g/mol. The van der Waals surface area contributed by atoms with Gasteiger partial charge in [-0.3, -0.25) is 4.79 Å². The van der Waals surface area contributed by atoms with Crippen LogP contribution in [-0.4, -0.2) is 29.5 Å². The van der Waals surface area contributed by atoms with Crippen LogP contribution < -0.4 is 10.2 Å². The molecule has 1 saturated carbocycles. The predicted octanol–water partition coefficient (Wildman–Crippen LogP) is 2.41. The summed E-state index contributed by atoms with van der Waals surface area (Å²) in [6.45, 7) is 0.577. The third kappa shape index (κ3) is 2.74. The fraction of sp³-hybridized carbons (Fsp3) is 0.667. The molecule has 0 radical (unpaired) electrons. The Balaban J connectivity index is 1.74. The van der Waals surface area contributed by atoms with Gasteiger partial charge in [0.25, 0.3) is 0 Å². The van der Waals surface area contributed by atoms with E-state index < -0.39 is 11.1 Å². The van der Waals surface area contributed by atoms with E-state index >= 15 is 0 Å². The highest BCUT2D eigenvalue weighted by Crippen LogP contribution is 2.38. The van der Waals surface area contributed by atoms with Crippen molar-refractivity contribution in [2.24, 2.45) is 0 Å². The quantitative estimate of drug-likeness (QED) is 0.933. The van der Waals surface area contributed by atoms with Crippen LogP contribution in [0, 0.1) is 0 Å². The Morgan fingerprint density at radius 1 is 1.40 bits per heavy atom. The maximum Gasteiger partial charge on any atom is 0.427 e. The van der Waals surface area contributed by atoms with E-state index in [-0.39, 0.29) is 23.1 Å². The molecule has 0 spiro atoms. The number of carbonyl (C=O) groups is 1. The summed E-state index contributed by atoms with van der Waals surface area (Å²) in [7, 11) is 0. The Kier molecular flexibility index (Phi) is 3.35. The number of amides is 1. The van der Waals surface area contributed by atoms with Crippen LogP contribution in [0.5, 0.6) is 0 Å². The van der Waals surface area contributed by atoms with Crippen LogP contribution in [-0.2, 0) is 11.0 Å². The van der Waals surface area contributed by atoms with Crippen LogP contribution in [0.2, 0.25) is 0 Å². The number of halogens is 3. The number of nitrogens with zero attached hydrogens (tertiary/aromatic N) is 2. The third-order valence-corrected chi connectivity index (χ3v) is 4.58. The highest BCUT2D eigenvalue weighted by molar-refractivity contribution is 7.15. The summed E-state index contributed by atoms with van der Waals surface area (Å²) in [5.41, 5.74) is 0. The maximum absolute atomic E-state index is 12.6. The third-order valence-electron chi connectivity index (χ3n) is 3.50. The summed E-state index contributed by atoms with van der Waals surface area (Å²) < 4.78 is 37.8. The van der Waals surface area contributed by atoms with Crippen molar-refractivity contribution in [2.75, 3.05) is 11.4 Å². The summed E-state index contributed by atoms with van der Waals surface area (Å²) in [4.78, 5) is 16.9. The molecule has 1 aromatic rings. The van der Waals surface area contributed by atoms with E-state index in [4.69, 9.17) is 0 Å². The van der Waals surface area contributed by atoms with Crippen molar-refractivity contribution in [1.29, 1.82) is 0 Å². The number of anilines is 1. The van der Waals surface area contributed by atoms with Crippen LogP contribution in [0.15, 0.2) is 6.20 Å². The van der Waals surface area contributed by atoms with E-state index in [9.17, 15) is 18.0 Å². The van der Waals surface area contributed by atoms with Crippen LogP contribution in [0.25, 0.3) is 0 Å². The fourth-order valence-corrected chi connectivity index (χ4v) is 3.18. The molecule has 2 heterocycles. The second kappa shape index (κ2) is 4.91. The van der Waals surface area contributed by atoms with Crippen molar-refractivity contribution < 1.29 is 18.0 Å². The SMILES string of the molecule is O=C(NC1CC1)[C@@H]1CCCN1c1ncc(C(F)(F)F)s1. The molecule has 1 aromatic heterocycles. The molecule has 20 heavy (non-hydrogen) atoms. The van der Waals surface area contributed by atoms with Crippen LogP contribution in [0.4, 0.5) is 18.3 Å². The number of hydrogen-bond acceptors (Lipinski definition) is 4. The van der Waals surface area contributed by atoms with Gasteiger partial charge in [-0.25, -0.2) is 4.98 Å². The summed E-state index contributed by atoms with van der Waals surface area (Å²) in [6.07, 6.45) is -0.0827. The van der Waals surface area contributed by atoms with Crippen molar-refractivity contribution >= 4 is 22.4 Å². The molecule has 1 amide bonds. The molecule has 0 aromatic carbocycles. The summed E-state index contributed by atoms with van der Waals surface area (Å²) in [6, 6.07) is -0.130. The van der Waals surface area contributed by atoms with Gasteiger partial charge in [-0.2, -0.15) is 13.2 Å². The molecule has 0 unspecified atom stereocenters. The monoisotopic (exact) mass is 305 g/mol. The summed E-state index contributed by atoms with van der Waals surface area (Å²) in [5, 5.41) is 3.19. The largest absolute Gasteiger partial charge is 0.427 e. The Hall–Kier alpha value is -1.31. The molecule has 1 aliphatic heterocycles. The first-order chi connectivity index (χ1) is 9.45. The summed E-state index contributed by atoms with van der Waals surface area (Å²) >= 11 is 0.603. The first kappa shape index (κ1) is 13.7. The van der Waals surface area contributed by atoms with Crippen molar-refractivity contribution in [1.82, 2.24) is 10.3 Å². The zero-order valence-corrected chi connectivity index (χ0v) is 11.4. The van der Waals surface area contributed by atoms with E-state index in [0.717, 1.165) is 25.5 Å². The Labute approximate surface area is 118 Å². The Morgan fingerprint density at radius 2 is 2.15 bits per heavy atom. The minimum atomic E-state index is -4.37. The predicted molar refractivity (Wildman–Crippen MR) is 68.6 cm³/mol. The van der Waals surface area contributed by atoms with Crippen LogP contribution in [0.1, 0.15) is 30.6 Å². The molecule has 2 fully saturated rings. The number of alkyl halides is 3. The van der Waals surface area contributed by atoms with Gasteiger partial charge in [0.15, 0.2) is 5.13 Å². The standard InChI is InChI=1S/C12H14F3N3OS/c13-12(14,15)9-6-16-11(20-9)18-5-1-2-8(18)10(19)17-7-3-4-7/h6-8H,1-5H2,(H,17,19)/t8-/m0/s1. The van der Waals surface area contributed by atoms with Gasteiger partial charge in [0.1, 0.15) is 10.9 Å². The first-order valence-electron chi connectivity index (χ1n) is 6.55. The van der Waals surface area contributed by atoms with E-state index in [0.29, 0.717) is 24.3 Å². The van der Waals surface area contributed by atoms with Gasteiger partial charge in [0.05, 0.1) is 6.20 Å². The van der Waals surface area contributed by atoms with Crippen molar-refractivity contribution in [3.05, 3.63) is 11.1 Å². The minimum absolute atomic E-state index is 0.0891. The lowest BCUT2D eigenvalue weighted by atomic mass is 10.2. The molecule has 1 atom stereocenters. The van der Waals surface area contributed by atoms with Gasteiger partial charge in [-0.05, 0) is 25.7 Å². The van der Waals surface area contributed by atoms with Gasteiger partial charge in [0.2, 0.25) is 5.91 Å². The molecule has 0 bridgehead atoms. The molecule has 2 aliphatic rings. The normalized spacial score (nSPS) is 23.1. The molecule has 110 valence electrons. The average Bonchev–Trinajstić information content (AvgIpc) is 2.91. The Bertz CT molecular complexity index is 512. The number of thiazole rings is 1. The lowest BCUT2D eigenvalue weighted by molar-refractivity contribution is -0.134. The second-order valence-corrected chi connectivity index (χ2v) is 6.15. The lowest BCUT2D eigenvalue weighted by Crippen LogP contribution is -2.44. The summed E-state index contributed by atoms with van der Waals surface area (Å²) in [5.74, 6) is -0.0891. The number of nitrogens with one attached hydrogen (secondary N) is 1. The second-order valence-electron chi connectivity index (χ2n) is 5.14. The lowest BCUT2D eigenvalue weighted by Gasteiger charge is -2.23. The van der Waals surface area contributed by atoms with E-state index in [1.54, 1.807) is 4.90 Å². The maximum atomic E-state index is 12.6. The number of rotatable bonds is 3. The minimum Gasteiger partial charge on any atom is -0.352 e. The van der Waals surface area contributed by atoms with Crippen molar-refractivity contribution in [3.8, 4) is 0 Å². The molecular formula is C12H14F3N3OS. The highest BCUT2D eigenvalue weighted by atomic mass is 32.1. The van der Waals surface area contributed by atoms with Gasteiger partial charge >= 0.3 is 6.18 Å². The molecule has 3 rings (SSSR count). The molecule has 8 heteroatoms. The van der Waals surface area contributed by atoms with Gasteiger partial charge in [-0.1, -0.05) is 11.3 Å². The Morgan fingerprint density at radius 3 is 2.75 bits per heavy atom. The number of hydrogen-bond donors (Lipinski definition) is 1. The number of carbonyl (C=O) groups excluding carboxylic acids is 1. The van der Waals surface area contributed by atoms with E-state index in [1.807, 2.05) is 0 Å². The first-order valence-corrected chi connectivity index (χ1v) is 7.37. The molecule has 1 N–H and O–H groups in total. The molecule has 1 saturated heterocycles. The zero-order valence-electron chi connectivity index (χ0n) is 10.6. The smallest absolute Gasteiger partial charge is 0.352 e. The molecule has 4 nitrogen and oxygen atoms in total. The van der Waals surface area contributed by atoms with Gasteiger partial charge < -0.3 is 10.2 Å². The van der Waals surface area contributed by atoms with Gasteiger partial charge in [-0.15, -0.1) is 0 Å². The molecule has 1 aliphatic carbocycles. The topological polar surface area (TPSA) is 45.2 Å². The zero-order chi connectivity index (χ0) is 14.3. The van der Waals surface area contributed by atoms with Crippen molar-refractivity contribution in [2.45, 2.75) is 43.9 Å².